The fraction of sp³-hybridized carbons (Fsp3) is 0.158. The lowest BCUT2D eigenvalue weighted by atomic mass is 10.1. The van der Waals surface area contributed by atoms with E-state index >= 15 is 0 Å². The van der Waals surface area contributed by atoms with Crippen molar-refractivity contribution >= 4 is 17.9 Å². The number of benzene rings is 1. The number of imidazole rings is 1. The minimum Gasteiger partial charge on any atom is -0.312 e. The Labute approximate surface area is 153 Å². The molecule has 1 aromatic carbocycles. The Hall–Kier alpha value is -3.55. The standard InChI is InChI=1S/C19H15FN6O/c20-13-3-1-12(2-4-13)19-15(9-25(24-19)14-5-6-14)16-7-8-18-22-17(21-11-27)10-26(18)23-16/h1-4,7-11,14H,5-6H2,(H,21,27). The van der Waals surface area contributed by atoms with E-state index in [0.717, 1.165) is 35.4 Å². The molecule has 3 heterocycles. The lowest BCUT2D eigenvalue weighted by Gasteiger charge is -2.03. The number of carbonyl (C=O) groups excluding carboxylic acids is 1. The monoisotopic (exact) mass is 362 g/mol. The van der Waals surface area contributed by atoms with Gasteiger partial charge in [0.1, 0.15) is 11.5 Å². The summed E-state index contributed by atoms with van der Waals surface area (Å²) >= 11 is 0. The number of amides is 1. The van der Waals surface area contributed by atoms with Gasteiger partial charge in [0.15, 0.2) is 11.5 Å². The van der Waals surface area contributed by atoms with E-state index in [1.54, 1.807) is 22.8 Å². The summed E-state index contributed by atoms with van der Waals surface area (Å²) in [7, 11) is 0. The molecule has 1 fully saturated rings. The number of nitrogens with one attached hydrogen (secondary N) is 1. The normalized spacial score (nSPS) is 13.8. The maximum atomic E-state index is 13.3. The van der Waals surface area contributed by atoms with Gasteiger partial charge in [-0.2, -0.15) is 10.2 Å². The molecule has 4 aromatic rings. The molecule has 1 aliphatic carbocycles. The van der Waals surface area contributed by atoms with Crippen molar-refractivity contribution in [2.75, 3.05) is 5.32 Å². The minimum atomic E-state index is -0.282. The quantitative estimate of drug-likeness (QED) is 0.553. The third-order valence-corrected chi connectivity index (χ3v) is 4.57. The number of rotatable bonds is 5. The molecule has 0 unspecified atom stereocenters. The van der Waals surface area contributed by atoms with Crippen molar-refractivity contribution in [1.29, 1.82) is 0 Å². The molecule has 7 nitrogen and oxygen atoms in total. The van der Waals surface area contributed by atoms with E-state index in [-0.39, 0.29) is 5.82 Å². The summed E-state index contributed by atoms with van der Waals surface area (Å²) in [5, 5.41) is 11.9. The van der Waals surface area contributed by atoms with Crippen LogP contribution in [0.2, 0.25) is 0 Å². The number of anilines is 1. The van der Waals surface area contributed by atoms with Gasteiger partial charge in [0.05, 0.1) is 17.9 Å². The van der Waals surface area contributed by atoms with Gasteiger partial charge in [-0.25, -0.2) is 13.9 Å². The average Bonchev–Trinajstić information content (AvgIpc) is 3.30. The van der Waals surface area contributed by atoms with Crippen LogP contribution in [-0.4, -0.2) is 30.8 Å². The van der Waals surface area contributed by atoms with E-state index < -0.39 is 0 Å². The summed E-state index contributed by atoms with van der Waals surface area (Å²) in [4.78, 5) is 14.9. The second-order valence-corrected chi connectivity index (χ2v) is 6.52. The average molecular weight is 362 g/mol. The fourth-order valence-corrected chi connectivity index (χ4v) is 3.08. The number of aromatic nitrogens is 5. The van der Waals surface area contributed by atoms with Gasteiger partial charge in [-0.15, -0.1) is 0 Å². The van der Waals surface area contributed by atoms with Crippen molar-refractivity contribution in [2.45, 2.75) is 18.9 Å². The summed E-state index contributed by atoms with van der Waals surface area (Å²) in [6.07, 6.45) is 6.44. The Balaban J connectivity index is 1.63. The highest BCUT2D eigenvalue weighted by Gasteiger charge is 2.27. The van der Waals surface area contributed by atoms with E-state index in [9.17, 15) is 9.18 Å². The zero-order chi connectivity index (χ0) is 18.4. The van der Waals surface area contributed by atoms with Crippen LogP contribution in [0.1, 0.15) is 18.9 Å². The molecule has 0 aliphatic heterocycles. The Bertz CT molecular complexity index is 1140. The fourth-order valence-electron chi connectivity index (χ4n) is 3.08. The number of halogens is 1. The Kier molecular flexibility index (Phi) is 3.49. The van der Waals surface area contributed by atoms with Crippen molar-refractivity contribution in [2.24, 2.45) is 0 Å². The highest BCUT2D eigenvalue weighted by atomic mass is 19.1. The molecule has 8 heteroatoms. The van der Waals surface area contributed by atoms with Crippen LogP contribution in [0.25, 0.3) is 28.2 Å². The van der Waals surface area contributed by atoms with E-state index in [1.165, 1.54) is 12.1 Å². The first kappa shape index (κ1) is 15.7. The summed E-state index contributed by atoms with van der Waals surface area (Å²) in [6.45, 7) is 0. The molecule has 1 aliphatic rings. The molecule has 0 bridgehead atoms. The third kappa shape index (κ3) is 2.84. The number of carbonyl (C=O) groups is 1. The van der Waals surface area contributed by atoms with Crippen LogP contribution in [0.3, 0.4) is 0 Å². The zero-order valence-electron chi connectivity index (χ0n) is 14.2. The molecule has 3 aromatic heterocycles. The van der Waals surface area contributed by atoms with Crippen LogP contribution in [0.5, 0.6) is 0 Å². The van der Waals surface area contributed by atoms with Gasteiger partial charge in [0, 0.05) is 17.3 Å². The van der Waals surface area contributed by atoms with Gasteiger partial charge in [0.2, 0.25) is 6.41 Å². The van der Waals surface area contributed by atoms with Crippen molar-refractivity contribution in [3.8, 4) is 22.5 Å². The number of nitrogens with zero attached hydrogens (tertiary/aromatic N) is 5. The van der Waals surface area contributed by atoms with E-state index in [1.807, 2.05) is 23.0 Å². The van der Waals surface area contributed by atoms with Crippen molar-refractivity contribution in [3.63, 3.8) is 0 Å². The van der Waals surface area contributed by atoms with Crippen LogP contribution in [0, 0.1) is 5.82 Å². The molecule has 0 saturated heterocycles. The predicted octanol–water partition coefficient (Wildman–Crippen LogP) is 3.30. The molecule has 0 atom stereocenters. The van der Waals surface area contributed by atoms with Crippen LogP contribution >= 0.6 is 0 Å². The number of hydrogen-bond acceptors (Lipinski definition) is 4. The minimum absolute atomic E-state index is 0.282. The third-order valence-electron chi connectivity index (χ3n) is 4.57. The highest BCUT2D eigenvalue weighted by Crippen LogP contribution is 2.38. The predicted molar refractivity (Wildman–Crippen MR) is 97.6 cm³/mol. The first-order chi connectivity index (χ1) is 13.2. The first-order valence-electron chi connectivity index (χ1n) is 8.63. The van der Waals surface area contributed by atoms with E-state index in [2.05, 4.69) is 15.4 Å². The lowest BCUT2D eigenvalue weighted by molar-refractivity contribution is -0.105. The summed E-state index contributed by atoms with van der Waals surface area (Å²) < 4.78 is 16.9. The van der Waals surface area contributed by atoms with Gasteiger partial charge >= 0.3 is 0 Å². The van der Waals surface area contributed by atoms with E-state index in [0.29, 0.717) is 23.9 Å². The Morgan fingerprint density at radius 3 is 2.63 bits per heavy atom. The molecular formula is C19H15FN6O. The molecular weight excluding hydrogens is 347 g/mol. The number of hydrogen-bond donors (Lipinski definition) is 1. The number of fused-ring (bicyclic) bond motifs is 1. The largest absolute Gasteiger partial charge is 0.312 e. The molecule has 0 radical (unpaired) electrons. The van der Waals surface area contributed by atoms with Gasteiger partial charge in [-0.05, 0) is 49.2 Å². The van der Waals surface area contributed by atoms with Gasteiger partial charge in [-0.1, -0.05) is 0 Å². The lowest BCUT2D eigenvalue weighted by Crippen LogP contribution is -1.94. The van der Waals surface area contributed by atoms with Crippen LogP contribution < -0.4 is 5.32 Å². The van der Waals surface area contributed by atoms with Crippen molar-refractivity contribution in [1.82, 2.24) is 24.4 Å². The highest BCUT2D eigenvalue weighted by molar-refractivity contribution is 5.79. The molecule has 1 amide bonds. The molecule has 0 spiro atoms. The topological polar surface area (TPSA) is 77.1 Å². The van der Waals surface area contributed by atoms with Gasteiger partial charge < -0.3 is 5.32 Å². The second-order valence-electron chi connectivity index (χ2n) is 6.52. The Morgan fingerprint density at radius 2 is 1.89 bits per heavy atom. The van der Waals surface area contributed by atoms with Crippen LogP contribution in [0.15, 0.2) is 48.8 Å². The van der Waals surface area contributed by atoms with Crippen molar-refractivity contribution in [3.05, 3.63) is 54.6 Å². The second kappa shape index (κ2) is 6.01. The molecule has 27 heavy (non-hydrogen) atoms. The molecule has 1 saturated carbocycles. The van der Waals surface area contributed by atoms with Gasteiger partial charge in [-0.3, -0.25) is 9.48 Å². The van der Waals surface area contributed by atoms with Crippen molar-refractivity contribution < 1.29 is 9.18 Å². The van der Waals surface area contributed by atoms with Gasteiger partial charge in [0.25, 0.3) is 0 Å². The molecule has 1 N–H and O–H groups in total. The first-order valence-corrected chi connectivity index (χ1v) is 8.63. The maximum absolute atomic E-state index is 13.3. The Morgan fingerprint density at radius 1 is 1.07 bits per heavy atom. The summed E-state index contributed by atoms with van der Waals surface area (Å²) in [6, 6.07) is 10.4. The maximum Gasteiger partial charge on any atom is 0.212 e. The smallest absolute Gasteiger partial charge is 0.212 e. The molecule has 134 valence electrons. The van der Waals surface area contributed by atoms with Crippen LogP contribution in [-0.2, 0) is 4.79 Å². The SMILES string of the molecule is O=CNc1cn2nc(-c3cn(C4CC4)nc3-c3ccc(F)cc3)ccc2n1. The van der Waals surface area contributed by atoms with E-state index in [4.69, 9.17) is 5.10 Å². The summed E-state index contributed by atoms with van der Waals surface area (Å²) in [5.41, 5.74) is 3.82. The van der Waals surface area contributed by atoms with Crippen LogP contribution in [0.4, 0.5) is 10.2 Å². The zero-order valence-corrected chi connectivity index (χ0v) is 14.2. The summed E-state index contributed by atoms with van der Waals surface area (Å²) in [5.74, 6) is 0.150. The molecule has 5 rings (SSSR count).